The van der Waals surface area contributed by atoms with Crippen molar-refractivity contribution in [3.05, 3.63) is 51.3 Å². The first-order chi connectivity index (χ1) is 11.3. The summed E-state index contributed by atoms with van der Waals surface area (Å²) in [6.07, 6.45) is 1.53. The largest absolute Gasteiger partial charge is 0.495 e. The van der Waals surface area contributed by atoms with Crippen molar-refractivity contribution in [2.24, 2.45) is 5.10 Å². The van der Waals surface area contributed by atoms with E-state index < -0.39 is 4.92 Å². The van der Waals surface area contributed by atoms with Gasteiger partial charge in [-0.25, -0.2) is 5.43 Å². The summed E-state index contributed by atoms with van der Waals surface area (Å²) in [6, 6.07) is 6.31. The molecule has 0 fully saturated rings. The van der Waals surface area contributed by atoms with Crippen LogP contribution in [0.4, 0.5) is 5.69 Å². The Labute approximate surface area is 138 Å². The molecular formula is C16H18N4O4. The number of hydrogen-bond donors (Lipinski definition) is 1. The summed E-state index contributed by atoms with van der Waals surface area (Å²) in [7, 11) is 1.51. The Kier molecular flexibility index (Phi) is 4.98. The molecule has 2 rings (SSSR count). The van der Waals surface area contributed by atoms with Crippen molar-refractivity contribution >= 4 is 17.8 Å². The number of methoxy groups -OCH3 is 1. The molecule has 1 aromatic carbocycles. The zero-order valence-corrected chi connectivity index (χ0v) is 13.9. The predicted octanol–water partition coefficient (Wildman–Crippen LogP) is 2.48. The van der Waals surface area contributed by atoms with E-state index in [1.54, 1.807) is 6.07 Å². The molecule has 1 amide bonds. The summed E-state index contributed by atoms with van der Waals surface area (Å²) in [6.45, 7) is 5.11. The topological polar surface area (TPSA) is 98.8 Å². The molecule has 0 saturated carbocycles. The van der Waals surface area contributed by atoms with E-state index in [4.69, 9.17) is 4.74 Å². The second kappa shape index (κ2) is 6.95. The number of nitro benzene ring substituents is 1. The number of hydrazone groups is 1. The SMILES string of the molecule is COc1ccc([N+](=O)[O-])cc1-n1c(C)cc(/C=N\NC(C)=O)c1C. The van der Waals surface area contributed by atoms with Gasteiger partial charge in [-0.3, -0.25) is 14.9 Å². The lowest BCUT2D eigenvalue weighted by Gasteiger charge is -2.13. The van der Waals surface area contributed by atoms with Crippen molar-refractivity contribution in [1.82, 2.24) is 9.99 Å². The Bertz CT molecular complexity index is 824. The van der Waals surface area contributed by atoms with E-state index in [1.165, 1.54) is 32.4 Å². The summed E-state index contributed by atoms with van der Waals surface area (Å²) >= 11 is 0. The number of amides is 1. The van der Waals surface area contributed by atoms with Crippen LogP contribution in [0.2, 0.25) is 0 Å². The fourth-order valence-corrected chi connectivity index (χ4v) is 2.45. The highest BCUT2D eigenvalue weighted by Crippen LogP contribution is 2.31. The molecule has 126 valence electrons. The lowest BCUT2D eigenvalue weighted by Crippen LogP contribution is -2.12. The molecule has 8 nitrogen and oxygen atoms in total. The van der Waals surface area contributed by atoms with Crippen LogP contribution in [0.15, 0.2) is 29.4 Å². The average molecular weight is 330 g/mol. The van der Waals surface area contributed by atoms with Crippen molar-refractivity contribution in [3.8, 4) is 11.4 Å². The summed E-state index contributed by atoms with van der Waals surface area (Å²) < 4.78 is 7.18. The molecule has 2 aromatic rings. The molecule has 1 heterocycles. The highest BCUT2D eigenvalue weighted by Gasteiger charge is 2.17. The van der Waals surface area contributed by atoms with E-state index in [2.05, 4.69) is 10.5 Å². The fourth-order valence-electron chi connectivity index (χ4n) is 2.45. The summed E-state index contributed by atoms with van der Waals surface area (Å²) in [5, 5.41) is 14.9. The molecule has 0 radical (unpaired) electrons. The van der Waals surface area contributed by atoms with Gasteiger partial charge in [0.05, 0.1) is 23.9 Å². The molecule has 0 aliphatic rings. The molecule has 24 heavy (non-hydrogen) atoms. The third kappa shape index (κ3) is 3.43. The third-order valence-corrected chi connectivity index (χ3v) is 3.51. The molecule has 0 atom stereocenters. The first-order valence-electron chi connectivity index (χ1n) is 7.16. The molecule has 0 aliphatic heterocycles. The normalized spacial score (nSPS) is 10.8. The minimum absolute atomic E-state index is 0.0215. The number of carbonyl (C=O) groups excluding carboxylic acids is 1. The quantitative estimate of drug-likeness (QED) is 0.517. The van der Waals surface area contributed by atoms with Crippen LogP contribution in [0, 0.1) is 24.0 Å². The second-order valence-corrected chi connectivity index (χ2v) is 5.20. The molecule has 0 aliphatic carbocycles. The van der Waals surface area contributed by atoms with Gasteiger partial charge in [0.2, 0.25) is 5.91 Å². The zero-order valence-electron chi connectivity index (χ0n) is 13.9. The van der Waals surface area contributed by atoms with Gasteiger partial charge >= 0.3 is 0 Å². The Morgan fingerprint density at radius 1 is 1.38 bits per heavy atom. The molecular weight excluding hydrogens is 312 g/mol. The van der Waals surface area contributed by atoms with Gasteiger partial charge in [-0.05, 0) is 26.0 Å². The minimum atomic E-state index is -0.448. The number of hydrogen-bond acceptors (Lipinski definition) is 5. The Morgan fingerprint density at radius 2 is 2.08 bits per heavy atom. The second-order valence-electron chi connectivity index (χ2n) is 5.20. The van der Waals surface area contributed by atoms with Gasteiger partial charge in [-0.15, -0.1) is 0 Å². The van der Waals surface area contributed by atoms with E-state index in [0.29, 0.717) is 11.4 Å². The number of nitro groups is 1. The number of aromatic nitrogens is 1. The van der Waals surface area contributed by atoms with Gasteiger partial charge in [0.25, 0.3) is 5.69 Å². The molecule has 0 saturated heterocycles. The number of nitrogens with one attached hydrogen (secondary N) is 1. The summed E-state index contributed by atoms with van der Waals surface area (Å²) in [4.78, 5) is 21.5. The number of aryl methyl sites for hydroxylation is 1. The molecule has 0 spiro atoms. The highest BCUT2D eigenvalue weighted by molar-refractivity contribution is 5.84. The average Bonchev–Trinajstić information content (AvgIpc) is 2.80. The van der Waals surface area contributed by atoms with Crippen LogP contribution in [0.1, 0.15) is 23.9 Å². The van der Waals surface area contributed by atoms with Crippen LogP contribution >= 0.6 is 0 Å². The lowest BCUT2D eigenvalue weighted by molar-refractivity contribution is -0.384. The molecule has 0 unspecified atom stereocenters. The van der Waals surface area contributed by atoms with Crippen LogP contribution in [-0.2, 0) is 4.79 Å². The summed E-state index contributed by atoms with van der Waals surface area (Å²) in [5.74, 6) is 0.258. The Balaban J connectivity index is 2.55. The van der Waals surface area contributed by atoms with Gasteiger partial charge < -0.3 is 9.30 Å². The first-order valence-corrected chi connectivity index (χ1v) is 7.16. The smallest absolute Gasteiger partial charge is 0.271 e. The van der Waals surface area contributed by atoms with Gasteiger partial charge in [0.1, 0.15) is 5.75 Å². The number of non-ortho nitro benzene ring substituents is 1. The monoisotopic (exact) mass is 330 g/mol. The number of benzene rings is 1. The number of ether oxygens (including phenoxy) is 1. The summed E-state index contributed by atoms with van der Waals surface area (Å²) in [5.41, 5.74) is 5.36. The Hall–Kier alpha value is -3.16. The van der Waals surface area contributed by atoms with Gasteiger partial charge in [-0.1, -0.05) is 0 Å². The first kappa shape index (κ1) is 17.2. The van der Waals surface area contributed by atoms with Crippen molar-refractivity contribution in [2.75, 3.05) is 7.11 Å². The molecule has 0 bridgehead atoms. The van der Waals surface area contributed by atoms with Crippen molar-refractivity contribution in [1.29, 1.82) is 0 Å². The van der Waals surface area contributed by atoms with Crippen molar-refractivity contribution < 1.29 is 14.5 Å². The van der Waals surface area contributed by atoms with Crippen LogP contribution in [-0.4, -0.2) is 28.7 Å². The van der Waals surface area contributed by atoms with Gasteiger partial charge in [0, 0.05) is 36.0 Å². The fraction of sp³-hybridized carbons (Fsp3) is 0.250. The standard InChI is InChI=1S/C16H18N4O4/c1-10-7-13(9-17-18-12(3)21)11(2)19(10)15-8-14(20(22)23)5-6-16(15)24-4/h5-9H,1-4H3,(H,18,21)/b17-9-. The Morgan fingerprint density at radius 3 is 2.67 bits per heavy atom. The zero-order chi connectivity index (χ0) is 17.9. The van der Waals surface area contributed by atoms with E-state index in [1.807, 2.05) is 24.5 Å². The predicted molar refractivity (Wildman–Crippen MR) is 89.9 cm³/mol. The molecule has 1 N–H and O–H groups in total. The maximum atomic E-state index is 11.1. The van der Waals surface area contributed by atoms with Gasteiger partial charge in [-0.2, -0.15) is 5.10 Å². The number of nitrogens with zero attached hydrogens (tertiary/aromatic N) is 3. The van der Waals surface area contributed by atoms with Crippen LogP contribution < -0.4 is 10.2 Å². The van der Waals surface area contributed by atoms with Crippen LogP contribution in [0.3, 0.4) is 0 Å². The maximum absolute atomic E-state index is 11.1. The third-order valence-electron chi connectivity index (χ3n) is 3.51. The number of rotatable bonds is 5. The van der Waals surface area contributed by atoms with E-state index in [-0.39, 0.29) is 11.6 Å². The highest BCUT2D eigenvalue weighted by atomic mass is 16.6. The lowest BCUT2D eigenvalue weighted by atomic mass is 10.2. The van der Waals surface area contributed by atoms with Crippen LogP contribution in [0.25, 0.3) is 5.69 Å². The van der Waals surface area contributed by atoms with Crippen LogP contribution in [0.5, 0.6) is 5.75 Å². The number of carbonyl (C=O) groups is 1. The maximum Gasteiger partial charge on any atom is 0.271 e. The molecule has 8 heteroatoms. The minimum Gasteiger partial charge on any atom is -0.495 e. The van der Waals surface area contributed by atoms with Crippen molar-refractivity contribution in [2.45, 2.75) is 20.8 Å². The molecule has 1 aromatic heterocycles. The van der Waals surface area contributed by atoms with E-state index >= 15 is 0 Å². The van der Waals surface area contributed by atoms with E-state index in [9.17, 15) is 14.9 Å². The van der Waals surface area contributed by atoms with Gasteiger partial charge in [0.15, 0.2) is 0 Å². The van der Waals surface area contributed by atoms with E-state index in [0.717, 1.165) is 17.0 Å². The van der Waals surface area contributed by atoms with Crippen molar-refractivity contribution in [3.63, 3.8) is 0 Å².